The zero-order valence-corrected chi connectivity index (χ0v) is 8.88. The minimum Gasteiger partial charge on any atom is -0.323 e. The zero-order valence-electron chi connectivity index (χ0n) is 8.13. The van der Waals surface area contributed by atoms with Crippen molar-refractivity contribution >= 4 is 11.6 Å². The Kier molecular flexibility index (Phi) is 3.94. The van der Waals surface area contributed by atoms with Crippen LogP contribution < -0.4 is 5.73 Å². The van der Waals surface area contributed by atoms with Gasteiger partial charge in [-0.2, -0.15) is 5.26 Å². The molecule has 0 fully saturated rings. The second kappa shape index (κ2) is 4.99. The van der Waals surface area contributed by atoms with Gasteiger partial charge in [0.05, 0.1) is 12.5 Å². The highest BCUT2D eigenvalue weighted by molar-refractivity contribution is 6.31. The first-order chi connectivity index (χ1) is 6.70. The molecule has 1 aromatic carbocycles. The lowest BCUT2D eigenvalue weighted by molar-refractivity contribution is 0.737. The first-order valence-electron chi connectivity index (χ1n) is 4.60. The molecular weight excluding hydrogens is 196 g/mol. The fraction of sp³-hybridized carbons (Fsp3) is 0.364. The van der Waals surface area contributed by atoms with Gasteiger partial charge < -0.3 is 5.73 Å². The van der Waals surface area contributed by atoms with E-state index in [0.29, 0.717) is 6.42 Å². The first-order valence-corrected chi connectivity index (χ1v) is 4.98. The smallest absolute Gasteiger partial charge is 0.0641 e. The Labute approximate surface area is 89.3 Å². The van der Waals surface area contributed by atoms with Crippen LogP contribution in [0.4, 0.5) is 0 Å². The summed E-state index contributed by atoms with van der Waals surface area (Å²) in [5, 5.41) is 9.30. The molecule has 0 aliphatic carbocycles. The second-order valence-corrected chi connectivity index (χ2v) is 3.54. The van der Waals surface area contributed by atoms with E-state index in [1.54, 1.807) is 0 Å². The monoisotopic (exact) mass is 208 g/mol. The van der Waals surface area contributed by atoms with Crippen molar-refractivity contribution in [1.29, 1.82) is 5.26 Å². The Hall–Kier alpha value is -1.04. The Balaban J connectivity index is 3.08. The van der Waals surface area contributed by atoms with E-state index in [2.05, 4.69) is 6.07 Å². The average molecular weight is 209 g/mol. The fourth-order valence-corrected chi connectivity index (χ4v) is 1.82. The van der Waals surface area contributed by atoms with Gasteiger partial charge in [0.1, 0.15) is 0 Å². The molecule has 0 bridgehead atoms. The third-order valence-electron chi connectivity index (χ3n) is 2.22. The highest BCUT2D eigenvalue weighted by Gasteiger charge is 2.11. The minimum atomic E-state index is -0.228. The van der Waals surface area contributed by atoms with Crippen molar-refractivity contribution in [2.45, 2.75) is 25.8 Å². The van der Waals surface area contributed by atoms with Crippen molar-refractivity contribution in [1.82, 2.24) is 0 Å². The number of nitrogens with zero attached hydrogens (tertiary/aromatic N) is 1. The Morgan fingerprint density at radius 3 is 2.86 bits per heavy atom. The molecule has 0 aliphatic rings. The third kappa shape index (κ3) is 2.25. The third-order valence-corrected chi connectivity index (χ3v) is 2.57. The van der Waals surface area contributed by atoms with Crippen molar-refractivity contribution in [2.75, 3.05) is 0 Å². The van der Waals surface area contributed by atoms with Gasteiger partial charge in [0.25, 0.3) is 0 Å². The normalized spacial score (nSPS) is 12.1. The van der Waals surface area contributed by atoms with E-state index in [1.807, 2.05) is 25.1 Å². The highest BCUT2D eigenvalue weighted by atomic mass is 35.5. The Morgan fingerprint density at radius 1 is 1.57 bits per heavy atom. The van der Waals surface area contributed by atoms with Gasteiger partial charge in [-0.3, -0.25) is 0 Å². The van der Waals surface area contributed by atoms with E-state index in [-0.39, 0.29) is 6.04 Å². The van der Waals surface area contributed by atoms with Crippen LogP contribution in [0.3, 0.4) is 0 Å². The maximum absolute atomic E-state index is 8.57. The van der Waals surface area contributed by atoms with E-state index in [4.69, 9.17) is 22.6 Å². The van der Waals surface area contributed by atoms with Crippen LogP contribution >= 0.6 is 11.6 Å². The maximum Gasteiger partial charge on any atom is 0.0641 e. The van der Waals surface area contributed by atoms with E-state index >= 15 is 0 Å². The molecule has 74 valence electrons. The van der Waals surface area contributed by atoms with E-state index in [0.717, 1.165) is 22.6 Å². The second-order valence-electron chi connectivity index (χ2n) is 3.13. The molecule has 2 nitrogen and oxygen atoms in total. The molecule has 1 aromatic rings. The summed E-state index contributed by atoms with van der Waals surface area (Å²) in [6.07, 6.45) is 1.17. The molecule has 0 aromatic heterocycles. The van der Waals surface area contributed by atoms with Gasteiger partial charge in [0, 0.05) is 11.1 Å². The largest absolute Gasteiger partial charge is 0.323 e. The predicted octanol–water partition coefficient (Wildman–Crippen LogP) is 2.82. The van der Waals surface area contributed by atoms with Crippen molar-refractivity contribution in [3.8, 4) is 6.07 Å². The molecule has 2 N–H and O–H groups in total. The van der Waals surface area contributed by atoms with Gasteiger partial charge in [-0.25, -0.2) is 0 Å². The van der Waals surface area contributed by atoms with Gasteiger partial charge in [-0.1, -0.05) is 30.7 Å². The van der Waals surface area contributed by atoms with Crippen LogP contribution in [0.15, 0.2) is 18.2 Å². The summed E-state index contributed by atoms with van der Waals surface area (Å²) in [4.78, 5) is 0. The number of nitrogens with two attached hydrogens (primary N) is 1. The van der Waals surface area contributed by atoms with Crippen LogP contribution in [-0.2, 0) is 6.42 Å². The lowest BCUT2D eigenvalue weighted by Crippen LogP contribution is -2.11. The van der Waals surface area contributed by atoms with Crippen molar-refractivity contribution in [2.24, 2.45) is 5.73 Å². The number of halogens is 1. The van der Waals surface area contributed by atoms with Crippen molar-refractivity contribution < 1.29 is 0 Å². The van der Waals surface area contributed by atoms with Crippen LogP contribution in [0.1, 0.15) is 30.5 Å². The Bertz CT molecular complexity index is 355. The molecule has 14 heavy (non-hydrogen) atoms. The van der Waals surface area contributed by atoms with Gasteiger partial charge in [-0.05, 0) is 23.6 Å². The van der Waals surface area contributed by atoms with Crippen LogP contribution in [-0.4, -0.2) is 0 Å². The lowest BCUT2D eigenvalue weighted by Gasteiger charge is -2.14. The average Bonchev–Trinajstić information content (AvgIpc) is 2.17. The van der Waals surface area contributed by atoms with E-state index in [1.165, 1.54) is 0 Å². The van der Waals surface area contributed by atoms with Crippen LogP contribution in [0, 0.1) is 11.3 Å². The molecule has 0 radical (unpaired) electrons. The van der Waals surface area contributed by atoms with Crippen molar-refractivity contribution in [3.05, 3.63) is 34.3 Å². The van der Waals surface area contributed by atoms with E-state index < -0.39 is 0 Å². The highest BCUT2D eigenvalue weighted by Crippen LogP contribution is 2.25. The number of hydrogen-bond acceptors (Lipinski definition) is 2. The summed E-state index contributed by atoms with van der Waals surface area (Å²) in [5.74, 6) is 0. The Morgan fingerprint density at radius 2 is 2.29 bits per heavy atom. The molecule has 1 atom stereocenters. The molecule has 0 unspecified atom stereocenters. The molecule has 0 aliphatic heterocycles. The SMILES string of the molecule is CCc1c(Cl)cccc1[C@H](N)CC#N. The van der Waals surface area contributed by atoms with Gasteiger partial charge in [0.15, 0.2) is 0 Å². The van der Waals surface area contributed by atoms with Gasteiger partial charge in [0.2, 0.25) is 0 Å². The summed E-state index contributed by atoms with van der Waals surface area (Å²) in [6.45, 7) is 2.03. The standard InChI is InChI=1S/C11H13ClN2/c1-2-8-9(11(14)6-7-13)4-3-5-10(8)12/h3-5,11H,2,6,14H2,1H3/t11-/m1/s1. The molecule has 0 amide bonds. The summed E-state index contributed by atoms with van der Waals surface area (Å²) < 4.78 is 0. The molecule has 0 saturated heterocycles. The fourth-order valence-electron chi connectivity index (χ4n) is 1.50. The summed E-state index contributed by atoms with van der Waals surface area (Å²) >= 11 is 6.04. The van der Waals surface area contributed by atoms with Gasteiger partial charge in [-0.15, -0.1) is 0 Å². The number of rotatable bonds is 3. The van der Waals surface area contributed by atoms with Crippen LogP contribution in [0.5, 0.6) is 0 Å². The summed E-state index contributed by atoms with van der Waals surface area (Å²) in [6, 6.07) is 7.50. The molecular formula is C11H13ClN2. The maximum atomic E-state index is 8.57. The van der Waals surface area contributed by atoms with Gasteiger partial charge >= 0.3 is 0 Å². The topological polar surface area (TPSA) is 49.8 Å². The lowest BCUT2D eigenvalue weighted by atomic mass is 9.97. The number of nitriles is 1. The molecule has 0 spiro atoms. The molecule has 0 heterocycles. The summed E-state index contributed by atoms with van der Waals surface area (Å²) in [7, 11) is 0. The molecule has 3 heteroatoms. The minimum absolute atomic E-state index is 0.228. The number of hydrogen-bond donors (Lipinski definition) is 1. The van der Waals surface area contributed by atoms with Crippen molar-refractivity contribution in [3.63, 3.8) is 0 Å². The van der Waals surface area contributed by atoms with E-state index in [9.17, 15) is 0 Å². The predicted molar refractivity (Wildman–Crippen MR) is 58.0 cm³/mol. The van der Waals surface area contributed by atoms with Crippen LogP contribution in [0.2, 0.25) is 5.02 Å². The molecule has 1 rings (SSSR count). The quantitative estimate of drug-likeness (QED) is 0.831. The molecule has 0 saturated carbocycles. The summed E-state index contributed by atoms with van der Waals surface area (Å²) in [5.41, 5.74) is 7.91. The zero-order chi connectivity index (χ0) is 10.6. The van der Waals surface area contributed by atoms with Crippen LogP contribution in [0.25, 0.3) is 0 Å². The first kappa shape index (κ1) is 11.0. The number of benzene rings is 1.